The van der Waals surface area contributed by atoms with Crippen LogP contribution in [0.1, 0.15) is 25.0 Å². The molecule has 82 valence electrons. The van der Waals surface area contributed by atoms with Crippen LogP contribution >= 0.6 is 0 Å². The highest BCUT2D eigenvalue weighted by Crippen LogP contribution is 2.24. The number of rotatable bonds is 4. The van der Waals surface area contributed by atoms with E-state index in [2.05, 4.69) is 4.74 Å². The molecule has 0 aliphatic carbocycles. The number of hydrogen-bond acceptors (Lipinski definition) is 3. The van der Waals surface area contributed by atoms with E-state index in [0.29, 0.717) is 0 Å². The molecule has 3 heteroatoms. The molecule has 1 N–H and O–H groups in total. The van der Waals surface area contributed by atoms with Crippen LogP contribution in [-0.4, -0.2) is 18.2 Å². The highest BCUT2D eigenvalue weighted by Gasteiger charge is 2.19. The molecule has 0 aliphatic heterocycles. The molecule has 0 aliphatic rings. The Bertz CT molecular complexity index is 308. The van der Waals surface area contributed by atoms with Crippen molar-refractivity contribution in [1.82, 2.24) is 0 Å². The maximum absolute atomic E-state index is 11.0. The zero-order chi connectivity index (χ0) is 11.3. The first-order valence-electron chi connectivity index (χ1n) is 4.95. The molecule has 1 aromatic carbocycles. The normalized spacial score (nSPS) is 14.3. The quantitative estimate of drug-likeness (QED) is 0.769. The number of benzene rings is 1. The van der Waals surface area contributed by atoms with Crippen molar-refractivity contribution in [3.63, 3.8) is 0 Å². The summed E-state index contributed by atoms with van der Waals surface area (Å²) in [5.74, 6) is -0.433. The van der Waals surface area contributed by atoms with E-state index >= 15 is 0 Å². The molecule has 0 heterocycles. The van der Waals surface area contributed by atoms with E-state index in [-0.39, 0.29) is 18.3 Å². The summed E-state index contributed by atoms with van der Waals surface area (Å²) >= 11 is 0. The Morgan fingerprint density at radius 2 is 2.00 bits per heavy atom. The minimum Gasteiger partial charge on any atom is -0.469 e. The number of aliphatic hydroxyl groups excluding tert-OH is 1. The predicted octanol–water partition coefficient (Wildman–Crippen LogP) is 1.92. The van der Waals surface area contributed by atoms with Crippen molar-refractivity contribution >= 4 is 5.97 Å². The van der Waals surface area contributed by atoms with Crippen LogP contribution in [0.25, 0.3) is 0 Å². The molecule has 0 spiro atoms. The molecule has 0 amide bonds. The van der Waals surface area contributed by atoms with Crippen molar-refractivity contribution in [2.45, 2.75) is 19.4 Å². The molecular weight excluding hydrogens is 192 g/mol. The summed E-state index contributed by atoms with van der Waals surface area (Å²) in [6, 6.07) is 9.31. The Morgan fingerprint density at radius 1 is 1.40 bits per heavy atom. The Hall–Kier alpha value is -1.35. The molecule has 0 unspecified atom stereocenters. The molecule has 1 rings (SSSR count). The lowest BCUT2D eigenvalue weighted by atomic mass is 9.95. The van der Waals surface area contributed by atoms with Crippen LogP contribution in [-0.2, 0) is 9.53 Å². The van der Waals surface area contributed by atoms with Gasteiger partial charge in [-0.15, -0.1) is 0 Å². The van der Waals surface area contributed by atoms with Crippen molar-refractivity contribution in [2.24, 2.45) is 5.92 Å². The SMILES string of the molecule is COC(=O)C[C@@H](C)[C@@H](O)c1ccccc1. The van der Waals surface area contributed by atoms with Gasteiger partial charge in [0.25, 0.3) is 0 Å². The Kier molecular flexibility index (Phi) is 4.31. The summed E-state index contributed by atoms with van der Waals surface area (Å²) in [6.07, 6.45) is -0.391. The van der Waals surface area contributed by atoms with E-state index in [1.165, 1.54) is 7.11 Å². The van der Waals surface area contributed by atoms with Gasteiger partial charge in [-0.2, -0.15) is 0 Å². The highest BCUT2D eigenvalue weighted by molar-refractivity contribution is 5.69. The van der Waals surface area contributed by atoms with Crippen LogP contribution in [0, 0.1) is 5.92 Å². The predicted molar refractivity (Wildman–Crippen MR) is 57.2 cm³/mol. The summed E-state index contributed by atoms with van der Waals surface area (Å²) in [5, 5.41) is 9.93. The number of carbonyl (C=O) groups is 1. The second-order valence-electron chi connectivity index (χ2n) is 3.61. The molecule has 1 aromatic rings. The minimum atomic E-state index is -0.620. The lowest BCUT2D eigenvalue weighted by Gasteiger charge is -2.17. The van der Waals surface area contributed by atoms with Gasteiger partial charge in [-0.1, -0.05) is 37.3 Å². The average Bonchev–Trinajstić information content (AvgIpc) is 2.29. The summed E-state index contributed by atoms with van der Waals surface area (Å²) < 4.78 is 4.56. The molecular formula is C12H16O3. The lowest BCUT2D eigenvalue weighted by Crippen LogP contribution is -2.14. The standard InChI is InChI=1S/C12H16O3/c1-9(8-11(13)15-2)12(14)10-6-4-3-5-7-10/h3-7,9,12,14H,8H2,1-2H3/t9-,12-/m1/s1. The molecule has 0 saturated heterocycles. The lowest BCUT2D eigenvalue weighted by molar-refractivity contribution is -0.142. The largest absolute Gasteiger partial charge is 0.469 e. The van der Waals surface area contributed by atoms with Crippen molar-refractivity contribution < 1.29 is 14.6 Å². The summed E-state index contributed by atoms with van der Waals surface area (Å²) in [4.78, 5) is 11.0. The molecule has 0 fully saturated rings. The minimum absolute atomic E-state index is 0.139. The van der Waals surface area contributed by atoms with Gasteiger partial charge < -0.3 is 9.84 Å². The Balaban J connectivity index is 2.61. The van der Waals surface area contributed by atoms with Gasteiger partial charge in [0.05, 0.1) is 19.6 Å². The first-order chi connectivity index (χ1) is 7.15. The van der Waals surface area contributed by atoms with Gasteiger partial charge in [-0.05, 0) is 11.5 Å². The van der Waals surface area contributed by atoms with E-state index in [0.717, 1.165) is 5.56 Å². The van der Waals surface area contributed by atoms with E-state index in [1.807, 2.05) is 37.3 Å². The molecule has 3 nitrogen and oxygen atoms in total. The summed E-state index contributed by atoms with van der Waals surface area (Å²) in [7, 11) is 1.35. The van der Waals surface area contributed by atoms with Gasteiger partial charge >= 0.3 is 5.97 Å². The van der Waals surface area contributed by atoms with Crippen LogP contribution in [0.2, 0.25) is 0 Å². The van der Waals surface area contributed by atoms with Crippen molar-refractivity contribution in [2.75, 3.05) is 7.11 Å². The fourth-order valence-corrected chi connectivity index (χ4v) is 1.44. The number of ether oxygens (including phenoxy) is 1. The van der Waals surface area contributed by atoms with Crippen LogP contribution < -0.4 is 0 Å². The summed E-state index contributed by atoms with van der Waals surface area (Å²) in [6.45, 7) is 1.83. The molecule has 2 atom stereocenters. The fraction of sp³-hybridized carbons (Fsp3) is 0.417. The van der Waals surface area contributed by atoms with Gasteiger partial charge in [0, 0.05) is 0 Å². The van der Waals surface area contributed by atoms with Gasteiger partial charge in [0.1, 0.15) is 0 Å². The maximum Gasteiger partial charge on any atom is 0.305 e. The number of hydrogen-bond donors (Lipinski definition) is 1. The second-order valence-corrected chi connectivity index (χ2v) is 3.61. The highest BCUT2D eigenvalue weighted by atomic mass is 16.5. The fourth-order valence-electron chi connectivity index (χ4n) is 1.44. The van der Waals surface area contributed by atoms with E-state index in [1.54, 1.807) is 0 Å². The second kappa shape index (κ2) is 5.51. The third-order valence-electron chi connectivity index (χ3n) is 2.40. The van der Waals surface area contributed by atoms with Crippen molar-refractivity contribution in [1.29, 1.82) is 0 Å². The Labute approximate surface area is 89.7 Å². The zero-order valence-electron chi connectivity index (χ0n) is 9.01. The molecule has 0 aromatic heterocycles. The average molecular weight is 208 g/mol. The third-order valence-corrected chi connectivity index (χ3v) is 2.40. The maximum atomic E-state index is 11.0. The molecule has 15 heavy (non-hydrogen) atoms. The summed E-state index contributed by atoms with van der Waals surface area (Å²) in [5.41, 5.74) is 0.828. The third kappa shape index (κ3) is 3.36. The van der Waals surface area contributed by atoms with E-state index < -0.39 is 6.10 Å². The zero-order valence-corrected chi connectivity index (χ0v) is 9.01. The van der Waals surface area contributed by atoms with Gasteiger partial charge in [0.2, 0.25) is 0 Å². The molecule has 0 bridgehead atoms. The number of aliphatic hydroxyl groups is 1. The van der Waals surface area contributed by atoms with Crippen LogP contribution in [0.3, 0.4) is 0 Å². The first-order valence-corrected chi connectivity index (χ1v) is 4.95. The van der Waals surface area contributed by atoms with E-state index in [4.69, 9.17) is 0 Å². The molecule has 0 radical (unpaired) electrons. The number of esters is 1. The topological polar surface area (TPSA) is 46.5 Å². The first kappa shape index (κ1) is 11.7. The number of methoxy groups -OCH3 is 1. The van der Waals surface area contributed by atoms with Gasteiger partial charge in [-0.3, -0.25) is 4.79 Å². The monoisotopic (exact) mass is 208 g/mol. The van der Waals surface area contributed by atoms with Crippen LogP contribution in [0.5, 0.6) is 0 Å². The van der Waals surface area contributed by atoms with Crippen LogP contribution in [0.4, 0.5) is 0 Å². The van der Waals surface area contributed by atoms with Gasteiger partial charge in [-0.25, -0.2) is 0 Å². The van der Waals surface area contributed by atoms with E-state index in [9.17, 15) is 9.90 Å². The Morgan fingerprint density at radius 3 is 2.53 bits per heavy atom. The van der Waals surface area contributed by atoms with Crippen LogP contribution in [0.15, 0.2) is 30.3 Å². The smallest absolute Gasteiger partial charge is 0.305 e. The van der Waals surface area contributed by atoms with Gasteiger partial charge in [0.15, 0.2) is 0 Å². The van der Waals surface area contributed by atoms with Crippen molar-refractivity contribution in [3.8, 4) is 0 Å². The molecule has 0 saturated carbocycles. The number of carbonyl (C=O) groups excluding carboxylic acids is 1. The van der Waals surface area contributed by atoms with Crippen molar-refractivity contribution in [3.05, 3.63) is 35.9 Å².